The first kappa shape index (κ1) is 14.1. The molecule has 0 amide bonds. The number of nitrogens with one attached hydrogen (secondary N) is 1. The average Bonchev–Trinajstić information content (AvgIpc) is 2.25. The predicted molar refractivity (Wildman–Crippen MR) is 71.2 cm³/mol. The summed E-state index contributed by atoms with van der Waals surface area (Å²) in [6.45, 7) is 13.0. The second-order valence-corrected chi connectivity index (χ2v) is 7.47. The van der Waals surface area contributed by atoms with Gasteiger partial charge < -0.3 is 5.32 Å². The van der Waals surface area contributed by atoms with Crippen LogP contribution in [0.5, 0.6) is 0 Å². The van der Waals surface area contributed by atoms with Crippen LogP contribution in [0.1, 0.15) is 27.7 Å². The minimum absolute atomic E-state index is 0.308. The molecule has 1 heterocycles. The van der Waals surface area contributed by atoms with E-state index >= 15 is 0 Å². The highest BCUT2D eigenvalue weighted by molar-refractivity contribution is 7.84. The Balaban J connectivity index is 2.36. The second-order valence-electron chi connectivity index (χ2n) is 5.61. The molecule has 0 aromatic heterocycles. The fourth-order valence-corrected chi connectivity index (χ4v) is 2.72. The zero-order valence-electron chi connectivity index (χ0n) is 11.1. The van der Waals surface area contributed by atoms with Gasteiger partial charge in [0.25, 0.3) is 0 Å². The van der Waals surface area contributed by atoms with Crippen LogP contribution in [0.3, 0.4) is 0 Å². The van der Waals surface area contributed by atoms with Crippen LogP contribution < -0.4 is 5.32 Å². The first-order valence-electron chi connectivity index (χ1n) is 6.24. The molecule has 2 atom stereocenters. The zero-order chi connectivity index (χ0) is 12.2. The topological polar surface area (TPSA) is 32.3 Å². The Kier molecular flexibility index (Phi) is 5.41. The molecule has 0 aromatic rings. The molecule has 0 aliphatic carbocycles. The molecule has 1 aliphatic heterocycles. The van der Waals surface area contributed by atoms with Gasteiger partial charge >= 0.3 is 0 Å². The lowest BCUT2D eigenvalue weighted by Crippen LogP contribution is -2.56. The lowest BCUT2D eigenvalue weighted by molar-refractivity contribution is 0.140. The monoisotopic (exact) mass is 246 g/mol. The van der Waals surface area contributed by atoms with Crippen molar-refractivity contribution >= 4 is 10.8 Å². The van der Waals surface area contributed by atoms with Crippen molar-refractivity contribution in [2.45, 2.75) is 33.7 Å². The molecule has 1 fully saturated rings. The van der Waals surface area contributed by atoms with Gasteiger partial charge in [-0.1, -0.05) is 27.7 Å². The Morgan fingerprint density at radius 1 is 1.44 bits per heavy atom. The standard InChI is InChI=1S/C12H26N2OS/c1-5-16(15)9-8-14-7-6-13-11(10-14)12(2,3)4/h11,13H,5-10H2,1-4H3. The van der Waals surface area contributed by atoms with Crippen molar-refractivity contribution in [3.8, 4) is 0 Å². The number of hydrogen-bond acceptors (Lipinski definition) is 3. The van der Waals surface area contributed by atoms with Gasteiger partial charge in [0.05, 0.1) is 0 Å². The Bertz CT molecular complexity index is 238. The molecule has 1 N–H and O–H groups in total. The van der Waals surface area contributed by atoms with Crippen molar-refractivity contribution in [2.75, 3.05) is 37.7 Å². The van der Waals surface area contributed by atoms with Gasteiger partial charge in [0.1, 0.15) is 0 Å². The molecule has 0 aromatic carbocycles. The number of nitrogens with zero attached hydrogens (tertiary/aromatic N) is 1. The van der Waals surface area contributed by atoms with Gasteiger partial charge in [0.2, 0.25) is 0 Å². The molecule has 0 radical (unpaired) electrons. The summed E-state index contributed by atoms with van der Waals surface area (Å²) in [6, 6.07) is 0.552. The molecule has 2 unspecified atom stereocenters. The van der Waals surface area contributed by atoms with Crippen molar-refractivity contribution in [3.63, 3.8) is 0 Å². The van der Waals surface area contributed by atoms with Crippen LogP contribution in [0.4, 0.5) is 0 Å². The molecule has 16 heavy (non-hydrogen) atoms. The normalized spacial score (nSPS) is 25.6. The van der Waals surface area contributed by atoms with E-state index in [1.54, 1.807) is 0 Å². The molecular formula is C12H26N2OS. The summed E-state index contributed by atoms with van der Waals surface area (Å²) in [6.07, 6.45) is 0. The van der Waals surface area contributed by atoms with E-state index in [2.05, 4.69) is 31.0 Å². The van der Waals surface area contributed by atoms with Crippen LogP contribution >= 0.6 is 0 Å². The summed E-state index contributed by atoms with van der Waals surface area (Å²) >= 11 is 0. The molecule has 0 bridgehead atoms. The van der Waals surface area contributed by atoms with Crippen molar-refractivity contribution in [1.82, 2.24) is 10.2 Å². The summed E-state index contributed by atoms with van der Waals surface area (Å²) in [5, 5.41) is 3.57. The van der Waals surface area contributed by atoms with Crippen molar-refractivity contribution in [3.05, 3.63) is 0 Å². The summed E-state index contributed by atoms with van der Waals surface area (Å²) in [5.74, 6) is 1.61. The van der Waals surface area contributed by atoms with Gasteiger partial charge in [-0.15, -0.1) is 0 Å². The first-order valence-corrected chi connectivity index (χ1v) is 7.73. The van der Waals surface area contributed by atoms with Crippen LogP contribution in [0, 0.1) is 5.41 Å². The SMILES string of the molecule is CCS(=O)CCN1CCNC(C(C)(C)C)C1. The minimum atomic E-state index is -0.623. The van der Waals surface area contributed by atoms with E-state index in [9.17, 15) is 4.21 Å². The molecule has 96 valence electrons. The van der Waals surface area contributed by atoms with Crippen LogP contribution in [-0.4, -0.2) is 52.8 Å². The van der Waals surface area contributed by atoms with E-state index < -0.39 is 10.8 Å². The summed E-state index contributed by atoms with van der Waals surface area (Å²) in [7, 11) is -0.623. The van der Waals surface area contributed by atoms with E-state index in [0.29, 0.717) is 11.5 Å². The van der Waals surface area contributed by atoms with Gasteiger partial charge in [-0.3, -0.25) is 9.11 Å². The highest BCUT2D eigenvalue weighted by atomic mass is 32.2. The lowest BCUT2D eigenvalue weighted by atomic mass is 9.85. The van der Waals surface area contributed by atoms with E-state index in [1.807, 2.05) is 6.92 Å². The van der Waals surface area contributed by atoms with Crippen LogP contribution in [0.25, 0.3) is 0 Å². The first-order chi connectivity index (χ1) is 7.43. The van der Waals surface area contributed by atoms with Crippen LogP contribution in [0.2, 0.25) is 0 Å². The molecule has 1 rings (SSSR count). The molecule has 1 saturated heterocycles. The van der Waals surface area contributed by atoms with E-state index in [-0.39, 0.29) is 0 Å². The molecular weight excluding hydrogens is 220 g/mol. The van der Waals surface area contributed by atoms with Crippen molar-refractivity contribution < 1.29 is 4.21 Å². The quantitative estimate of drug-likeness (QED) is 0.805. The van der Waals surface area contributed by atoms with Crippen LogP contribution in [0.15, 0.2) is 0 Å². The maximum Gasteiger partial charge on any atom is 0.0362 e. The number of rotatable bonds is 4. The van der Waals surface area contributed by atoms with Gasteiger partial charge in [-0.2, -0.15) is 0 Å². The van der Waals surface area contributed by atoms with Crippen molar-refractivity contribution in [1.29, 1.82) is 0 Å². The Morgan fingerprint density at radius 2 is 2.12 bits per heavy atom. The van der Waals surface area contributed by atoms with E-state index in [0.717, 1.165) is 37.7 Å². The minimum Gasteiger partial charge on any atom is -0.311 e. The van der Waals surface area contributed by atoms with Gasteiger partial charge in [-0.25, -0.2) is 0 Å². The molecule has 1 aliphatic rings. The molecule has 3 nitrogen and oxygen atoms in total. The number of hydrogen-bond donors (Lipinski definition) is 1. The van der Waals surface area contributed by atoms with E-state index in [1.165, 1.54) is 0 Å². The Labute approximate surface area is 102 Å². The Hall–Kier alpha value is 0.0700. The predicted octanol–water partition coefficient (Wildman–Crippen LogP) is 1.07. The van der Waals surface area contributed by atoms with Crippen LogP contribution in [-0.2, 0) is 10.8 Å². The van der Waals surface area contributed by atoms with Crippen molar-refractivity contribution in [2.24, 2.45) is 5.41 Å². The second kappa shape index (κ2) is 6.12. The summed E-state index contributed by atoms with van der Waals surface area (Å²) in [4.78, 5) is 2.44. The largest absolute Gasteiger partial charge is 0.311 e. The molecule has 0 spiro atoms. The smallest absolute Gasteiger partial charge is 0.0362 e. The Morgan fingerprint density at radius 3 is 2.69 bits per heavy atom. The third-order valence-corrected chi connectivity index (χ3v) is 4.54. The van der Waals surface area contributed by atoms with E-state index in [4.69, 9.17) is 0 Å². The molecule has 4 heteroatoms. The maximum atomic E-state index is 11.4. The lowest BCUT2D eigenvalue weighted by Gasteiger charge is -2.40. The summed E-state index contributed by atoms with van der Waals surface area (Å²) in [5.41, 5.74) is 0.308. The highest BCUT2D eigenvalue weighted by Gasteiger charge is 2.28. The molecule has 0 saturated carbocycles. The maximum absolute atomic E-state index is 11.4. The highest BCUT2D eigenvalue weighted by Crippen LogP contribution is 2.21. The third-order valence-electron chi connectivity index (χ3n) is 3.26. The fraction of sp³-hybridized carbons (Fsp3) is 1.00. The fourth-order valence-electron chi connectivity index (χ4n) is 1.97. The van der Waals surface area contributed by atoms with Gasteiger partial charge in [0.15, 0.2) is 0 Å². The number of piperazine rings is 1. The third kappa shape index (κ3) is 4.52. The van der Waals surface area contributed by atoms with Gasteiger partial charge in [0, 0.05) is 54.5 Å². The summed E-state index contributed by atoms with van der Waals surface area (Å²) < 4.78 is 11.4. The average molecular weight is 246 g/mol. The van der Waals surface area contributed by atoms with Gasteiger partial charge in [-0.05, 0) is 5.41 Å². The zero-order valence-corrected chi connectivity index (χ0v) is 11.9.